The molecule has 1 aliphatic rings. The minimum absolute atomic E-state index is 0.0601. The molecule has 1 N–H and O–H groups in total. The third kappa shape index (κ3) is 3.38. The van der Waals surface area contributed by atoms with Crippen LogP contribution in [0.5, 0.6) is 0 Å². The summed E-state index contributed by atoms with van der Waals surface area (Å²) < 4.78 is 0. The van der Waals surface area contributed by atoms with Crippen LogP contribution in [-0.4, -0.2) is 47.9 Å². The first-order chi connectivity index (χ1) is 8.66. The summed E-state index contributed by atoms with van der Waals surface area (Å²) in [5.74, 6) is 3.19. The van der Waals surface area contributed by atoms with Gasteiger partial charge in [0.2, 0.25) is 0 Å². The van der Waals surface area contributed by atoms with Crippen molar-refractivity contribution < 1.29 is 4.79 Å². The molecule has 0 spiro atoms. The van der Waals surface area contributed by atoms with E-state index in [1.54, 1.807) is 25.2 Å². The van der Waals surface area contributed by atoms with E-state index in [0.29, 0.717) is 5.69 Å². The quantitative estimate of drug-likeness (QED) is 0.904. The van der Waals surface area contributed by atoms with Crippen LogP contribution in [0.2, 0.25) is 0 Å². The van der Waals surface area contributed by atoms with E-state index in [2.05, 4.69) is 10.3 Å². The molecule has 1 aliphatic heterocycles. The lowest BCUT2D eigenvalue weighted by molar-refractivity contribution is 0.0822. The Morgan fingerprint density at radius 1 is 1.61 bits per heavy atom. The van der Waals surface area contributed by atoms with Crippen LogP contribution in [0.4, 0.5) is 5.69 Å². The number of carbonyl (C=O) groups is 1. The minimum Gasteiger partial charge on any atom is -0.385 e. The Labute approximate surface area is 112 Å². The Bertz CT molecular complexity index is 416. The van der Waals surface area contributed by atoms with Crippen LogP contribution in [0.3, 0.4) is 0 Å². The number of rotatable bonds is 4. The summed E-state index contributed by atoms with van der Waals surface area (Å²) in [6.45, 7) is 0.979. The van der Waals surface area contributed by atoms with Gasteiger partial charge in [-0.1, -0.05) is 0 Å². The molecule has 0 radical (unpaired) electrons. The van der Waals surface area contributed by atoms with E-state index in [1.165, 1.54) is 17.9 Å². The molecule has 0 aliphatic carbocycles. The van der Waals surface area contributed by atoms with Crippen molar-refractivity contribution in [3.8, 4) is 0 Å². The van der Waals surface area contributed by atoms with Crippen LogP contribution >= 0.6 is 11.8 Å². The van der Waals surface area contributed by atoms with Gasteiger partial charge in [-0.25, -0.2) is 0 Å². The lowest BCUT2D eigenvalue weighted by Gasteiger charge is -2.13. The Kier molecular flexibility index (Phi) is 4.47. The Hall–Kier alpha value is -1.23. The number of anilines is 1. The van der Waals surface area contributed by atoms with Crippen molar-refractivity contribution in [2.24, 2.45) is 5.92 Å². The summed E-state index contributed by atoms with van der Waals surface area (Å²) in [6.07, 6.45) is 2.97. The maximum atomic E-state index is 11.8. The first-order valence-corrected chi connectivity index (χ1v) is 7.31. The molecule has 1 aromatic rings. The number of nitrogens with zero attached hydrogens (tertiary/aromatic N) is 2. The lowest BCUT2D eigenvalue weighted by Crippen LogP contribution is -2.23. The maximum absolute atomic E-state index is 11.8. The molecule has 1 unspecified atom stereocenters. The van der Waals surface area contributed by atoms with E-state index in [4.69, 9.17) is 0 Å². The Balaban J connectivity index is 1.96. The van der Waals surface area contributed by atoms with Crippen LogP contribution in [0.1, 0.15) is 16.9 Å². The van der Waals surface area contributed by atoms with Gasteiger partial charge in [0.05, 0.1) is 0 Å². The smallest absolute Gasteiger partial charge is 0.272 e. The van der Waals surface area contributed by atoms with Crippen molar-refractivity contribution in [2.45, 2.75) is 6.42 Å². The van der Waals surface area contributed by atoms with Crippen LogP contribution in [0.25, 0.3) is 0 Å². The first kappa shape index (κ1) is 13.2. The minimum atomic E-state index is -0.0601. The van der Waals surface area contributed by atoms with Crippen LogP contribution < -0.4 is 5.32 Å². The van der Waals surface area contributed by atoms with Gasteiger partial charge in [-0.2, -0.15) is 11.8 Å². The van der Waals surface area contributed by atoms with Gasteiger partial charge in [-0.15, -0.1) is 0 Å². The first-order valence-electron chi connectivity index (χ1n) is 6.16. The molecule has 5 heteroatoms. The molecule has 18 heavy (non-hydrogen) atoms. The van der Waals surface area contributed by atoms with E-state index in [-0.39, 0.29) is 5.91 Å². The fraction of sp³-hybridized carbons (Fsp3) is 0.538. The van der Waals surface area contributed by atoms with Crippen molar-refractivity contribution in [1.82, 2.24) is 9.88 Å². The molecule has 2 rings (SSSR count). The number of amides is 1. The van der Waals surface area contributed by atoms with Gasteiger partial charge in [0.25, 0.3) is 5.91 Å². The SMILES string of the molecule is CN(C)C(=O)c1cc(NCC2CCSC2)ccn1. The predicted octanol–water partition coefficient (Wildman–Crippen LogP) is 1.95. The molecule has 2 heterocycles. The van der Waals surface area contributed by atoms with Gasteiger partial charge in [-0.05, 0) is 36.0 Å². The number of carbonyl (C=O) groups excluding carboxylic acids is 1. The lowest BCUT2D eigenvalue weighted by atomic mass is 10.1. The third-order valence-corrected chi connectivity index (χ3v) is 4.24. The number of hydrogen-bond donors (Lipinski definition) is 1. The van der Waals surface area contributed by atoms with E-state index in [9.17, 15) is 4.79 Å². The van der Waals surface area contributed by atoms with Crippen molar-refractivity contribution in [2.75, 3.05) is 37.5 Å². The zero-order valence-electron chi connectivity index (χ0n) is 10.8. The monoisotopic (exact) mass is 265 g/mol. The number of aromatic nitrogens is 1. The van der Waals surface area contributed by atoms with Crippen LogP contribution in [-0.2, 0) is 0 Å². The van der Waals surface area contributed by atoms with Crippen molar-refractivity contribution in [1.29, 1.82) is 0 Å². The molecule has 4 nitrogen and oxygen atoms in total. The van der Waals surface area contributed by atoms with Crippen LogP contribution in [0.15, 0.2) is 18.3 Å². The molecule has 98 valence electrons. The van der Waals surface area contributed by atoms with Gasteiger partial charge in [0.15, 0.2) is 0 Å². The van der Waals surface area contributed by atoms with E-state index < -0.39 is 0 Å². The number of thioether (sulfide) groups is 1. The summed E-state index contributed by atoms with van der Waals surface area (Å²) >= 11 is 2.02. The Morgan fingerprint density at radius 3 is 3.11 bits per heavy atom. The molecule has 0 bridgehead atoms. The van der Waals surface area contributed by atoms with Crippen molar-refractivity contribution in [3.05, 3.63) is 24.0 Å². The molecule has 1 amide bonds. The van der Waals surface area contributed by atoms with Crippen LogP contribution in [0, 0.1) is 5.92 Å². The fourth-order valence-electron chi connectivity index (χ4n) is 1.89. The second kappa shape index (κ2) is 6.09. The molecule has 0 aromatic carbocycles. The number of pyridine rings is 1. The summed E-state index contributed by atoms with van der Waals surface area (Å²) in [5.41, 5.74) is 1.47. The number of nitrogens with one attached hydrogen (secondary N) is 1. The predicted molar refractivity (Wildman–Crippen MR) is 76.2 cm³/mol. The van der Waals surface area contributed by atoms with Gasteiger partial charge in [0, 0.05) is 32.5 Å². The average Bonchev–Trinajstić information content (AvgIpc) is 2.89. The summed E-state index contributed by atoms with van der Waals surface area (Å²) in [6, 6.07) is 3.74. The molecule has 1 fully saturated rings. The van der Waals surface area contributed by atoms with Crippen molar-refractivity contribution in [3.63, 3.8) is 0 Å². The van der Waals surface area contributed by atoms with Gasteiger partial charge in [-0.3, -0.25) is 9.78 Å². The maximum Gasteiger partial charge on any atom is 0.272 e. The average molecular weight is 265 g/mol. The number of hydrogen-bond acceptors (Lipinski definition) is 4. The third-order valence-electron chi connectivity index (χ3n) is 3.00. The fourth-order valence-corrected chi connectivity index (χ4v) is 3.18. The largest absolute Gasteiger partial charge is 0.385 e. The second-order valence-corrected chi connectivity index (χ2v) is 5.89. The van der Waals surface area contributed by atoms with E-state index in [1.807, 2.05) is 23.9 Å². The standard InChI is InChI=1S/C13H19N3OS/c1-16(2)13(17)12-7-11(3-5-14-12)15-8-10-4-6-18-9-10/h3,5,7,10H,4,6,8-9H2,1-2H3,(H,14,15). The highest BCUT2D eigenvalue weighted by molar-refractivity contribution is 7.99. The summed E-state index contributed by atoms with van der Waals surface area (Å²) in [4.78, 5) is 17.4. The molecular weight excluding hydrogens is 246 g/mol. The highest BCUT2D eigenvalue weighted by atomic mass is 32.2. The van der Waals surface area contributed by atoms with E-state index in [0.717, 1.165) is 18.2 Å². The van der Waals surface area contributed by atoms with Crippen molar-refractivity contribution >= 4 is 23.4 Å². The van der Waals surface area contributed by atoms with Gasteiger partial charge in [0.1, 0.15) is 5.69 Å². The molecule has 1 saturated heterocycles. The normalized spacial score (nSPS) is 18.7. The van der Waals surface area contributed by atoms with E-state index >= 15 is 0 Å². The zero-order valence-corrected chi connectivity index (χ0v) is 11.7. The molecule has 0 saturated carbocycles. The summed E-state index contributed by atoms with van der Waals surface area (Å²) in [5, 5.41) is 3.40. The Morgan fingerprint density at radius 2 is 2.44 bits per heavy atom. The topological polar surface area (TPSA) is 45.2 Å². The molecule has 1 aromatic heterocycles. The second-order valence-electron chi connectivity index (χ2n) is 4.74. The van der Waals surface area contributed by atoms with Gasteiger partial charge >= 0.3 is 0 Å². The summed E-state index contributed by atoms with van der Waals surface area (Å²) in [7, 11) is 3.47. The molecule has 1 atom stereocenters. The molecular formula is C13H19N3OS. The highest BCUT2D eigenvalue weighted by Gasteiger charge is 2.15. The zero-order chi connectivity index (χ0) is 13.0. The van der Waals surface area contributed by atoms with Gasteiger partial charge < -0.3 is 10.2 Å². The highest BCUT2D eigenvalue weighted by Crippen LogP contribution is 2.23.